The molecule has 1 unspecified atom stereocenters. The molecule has 22 heavy (non-hydrogen) atoms. The Morgan fingerprint density at radius 1 is 1.50 bits per heavy atom. The largest absolute Gasteiger partial charge is 0.444 e. The van der Waals surface area contributed by atoms with E-state index in [0.29, 0.717) is 26.3 Å². The monoisotopic (exact) mass is 370 g/mol. The maximum atomic E-state index is 12.2. The van der Waals surface area contributed by atoms with E-state index in [1.807, 2.05) is 39.0 Å². The highest BCUT2D eigenvalue weighted by molar-refractivity contribution is 9.10. The summed E-state index contributed by atoms with van der Waals surface area (Å²) in [6.07, 6.45) is 0.504. The smallest absolute Gasteiger partial charge is 0.410 e. The summed E-state index contributed by atoms with van der Waals surface area (Å²) in [5.41, 5.74) is 0.514. The highest BCUT2D eigenvalue weighted by Gasteiger charge is 2.27. The van der Waals surface area contributed by atoms with Crippen molar-refractivity contribution in [3.63, 3.8) is 0 Å². The molecule has 1 atom stereocenters. The zero-order chi connectivity index (χ0) is 16.2. The second-order valence-electron chi connectivity index (χ2n) is 6.52. The van der Waals surface area contributed by atoms with E-state index in [-0.39, 0.29) is 12.0 Å². The summed E-state index contributed by atoms with van der Waals surface area (Å²) in [7, 11) is 0. The molecule has 6 heteroatoms. The van der Waals surface area contributed by atoms with Crippen molar-refractivity contribution in [2.24, 2.45) is 5.92 Å². The Hall–Kier alpha value is -1.14. The first kappa shape index (κ1) is 17.2. The van der Waals surface area contributed by atoms with Crippen LogP contribution in [0.4, 0.5) is 4.79 Å². The van der Waals surface area contributed by atoms with Crippen LogP contribution in [0, 0.1) is 5.92 Å². The van der Waals surface area contributed by atoms with Crippen LogP contribution < -0.4 is 0 Å². The van der Waals surface area contributed by atoms with Gasteiger partial charge in [0.15, 0.2) is 0 Å². The summed E-state index contributed by atoms with van der Waals surface area (Å²) in [4.78, 5) is 18.4. The lowest BCUT2D eigenvalue weighted by Gasteiger charge is -2.27. The molecule has 2 rings (SSSR count). The molecular weight excluding hydrogens is 348 g/mol. The molecule has 0 N–H and O–H groups in total. The van der Waals surface area contributed by atoms with Crippen molar-refractivity contribution in [1.29, 1.82) is 0 Å². The molecule has 1 aromatic heterocycles. The first-order chi connectivity index (χ1) is 10.3. The number of hydrogen-bond acceptors (Lipinski definition) is 4. The predicted octanol–water partition coefficient (Wildman–Crippen LogP) is 3.27. The molecule has 2 heterocycles. The van der Waals surface area contributed by atoms with E-state index < -0.39 is 5.60 Å². The van der Waals surface area contributed by atoms with E-state index >= 15 is 0 Å². The molecule has 1 aliphatic heterocycles. The second kappa shape index (κ2) is 7.42. The molecule has 122 valence electrons. The number of amides is 1. The van der Waals surface area contributed by atoms with Crippen LogP contribution in [-0.2, 0) is 15.9 Å². The fourth-order valence-electron chi connectivity index (χ4n) is 2.36. The van der Waals surface area contributed by atoms with Gasteiger partial charge in [0.05, 0.1) is 13.2 Å². The van der Waals surface area contributed by atoms with Gasteiger partial charge in [-0.25, -0.2) is 9.78 Å². The quantitative estimate of drug-likeness (QED) is 0.749. The van der Waals surface area contributed by atoms with Gasteiger partial charge < -0.3 is 14.4 Å². The van der Waals surface area contributed by atoms with Crippen LogP contribution in [0.15, 0.2) is 22.8 Å². The predicted molar refractivity (Wildman–Crippen MR) is 87.8 cm³/mol. The third-order valence-electron chi connectivity index (χ3n) is 3.26. The standard InChI is InChI=1S/C16H23BrN2O3/c1-16(2,3)22-15(20)19-7-8-21-11-12(10-19)9-13-5-4-6-14(17)18-13/h4-6,12H,7-11H2,1-3H3. The highest BCUT2D eigenvalue weighted by atomic mass is 79.9. The van der Waals surface area contributed by atoms with Gasteiger partial charge in [0.2, 0.25) is 0 Å². The van der Waals surface area contributed by atoms with Crippen LogP contribution in [0.25, 0.3) is 0 Å². The minimum Gasteiger partial charge on any atom is -0.444 e. The van der Waals surface area contributed by atoms with Gasteiger partial charge in [0.1, 0.15) is 10.2 Å². The van der Waals surface area contributed by atoms with Gasteiger partial charge in [-0.3, -0.25) is 0 Å². The molecule has 0 aromatic carbocycles. The van der Waals surface area contributed by atoms with Crippen LogP contribution in [0.3, 0.4) is 0 Å². The zero-order valence-electron chi connectivity index (χ0n) is 13.3. The van der Waals surface area contributed by atoms with Crippen LogP contribution >= 0.6 is 15.9 Å². The van der Waals surface area contributed by atoms with Crippen LogP contribution in [0.2, 0.25) is 0 Å². The van der Waals surface area contributed by atoms with Crippen molar-refractivity contribution in [2.45, 2.75) is 32.8 Å². The number of pyridine rings is 1. The fraction of sp³-hybridized carbons (Fsp3) is 0.625. The molecule has 0 saturated carbocycles. The van der Waals surface area contributed by atoms with Gasteiger partial charge in [0.25, 0.3) is 0 Å². The van der Waals surface area contributed by atoms with Crippen LogP contribution in [0.1, 0.15) is 26.5 Å². The molecule has 1 saturated heterocycles. The van der Waals surface area contributed by atoms with E-state index in [1.165, 1.54) is 0 Å². The topological polar surface area (TPSA) is 51.7 Å². The molecule has 1 aliphatic rings. The van der Waals surface area contributed by atoms with Gasteiger partial charge in [0, 0.05) is 24.7 Å². The lowest BCUT2D eigenvalue weighted by Crippen LogP contribution is -2.40. The Morgan fingerprint density at radius 2 is 2.27 bits per heavy atom. The van der Waals surface area contributed by atoms with Crippen molar-refractivity contribution in [3.05, 3.63) is 28.5 Å². The molecule has 0 spiro atoms. The highest BCUT2D eigenvalue weighted by Crippen LogP contribution is 2.17. The van der Waals surface area contributed by atoms with Crippen molar-refractivity contribution >= 4 is 22.0 Å². The number of carbonyl (C=O) groups is 1. The van der Waals surface area contributed by atoms with E-state index in [4.69, 9.17) is 9.47 Å². The molecule has 0 radical (unpaired) electrons. The molecule has 0 aliphatic carbocycles. The second-order valence-corrected chi connectivity index (χ2v) is 7.34. The number of ether oxygens (including phenoxy) is 2. The normalized spacial score (nSPS) is 19.6. The van der Waals surface area contributed by atoms with Gasteiger partial charge in [-0.2, -0.15) is 0 Å². The Labute approximate surface area is 140 Å². The van der Waals surface area contributed by atoms with Crippen molar-refractivity contribution in [2.75, 3.05) is 26.3 Å². The summed E-state index contributed by atoms with van der Waals surface area (Å²) < 4.78 is 11.9. The summed E-state index contributed by atoms with van der Waals surface area (Å²) in [5, 5.41) is 0. The summed E-state index contributed by atoms with van der Waals surface area (Å²) in [5.74, 6) is 0.219. The Bertz CT molecular complexity index is 516. The number of halogens is 1. The summed E-state index contributed by atoms with van der Waals surface area (Å²) in [6.45, 7) is 8.00. The fourth-order valence-corrected chi connectivity index (χ4v) is 2.74. The molecule has 1 aromatic rings. The average Bonchev–Trinajstić information content (AvgIpc) is 2.62. The summed E-state index contributed by atoms with van der Waals surface area (Å²) in [6, 6.07) is 5.86. The van der Waals surface area contributed by atoms with E-state index in [0.717, 1.165) is 16.7 Å². The van der Waals surface area contributed by atoms with Crippen molar-refractivity contribution in [3.8, 4) is 0 Å². The number of aromatic nitrogens is 1. The average molecular weight is 371 g/mol. The lowest BCUT2D eigenvalue weighted by molar-refractivity contribution is 0.0233. The molecule has 1 fully saturated rings. The Kier molecular flexibility index (Phi) is 5.81. The third-order valence-corrected chi connectivity index (χ3v) is 3.70. The van der Waals surface area contributed by atoms with E-state index in [9.17, 15) is 4.79 Å². The zero-order valence-corrected chi connectivity index (χ0v) is 14.9. The number of hydrogen-bond donors (Lipinski definition) is 0. The maximum Gasteiger partial charge on any atom is 0.410 e. The molecule has 0 bridgehead atoms. The molecular formula is C16H23BrN2O3. The third kappa shape index (κ3) is 5.57. The van der Waals surface area contributed by atoms with Gasteiger partial charge in [-0.1, -0.05) is 6.07 Å². The first-order valence-corrected chi connectivity index (χ1v) is 8.30. The Morgan fingerprint density at radius 3 is 2.95 bits per heavy atom. The molecule has 1 amide bonds. The van der Waals surface area contributed by atoms with Gasteiger partial charge >= 0.3 is 6.09 Å². The van der Waals surface area contributed by atoms with Crippen LogP contribution in [-0.4, -0.2) is 47.9 Å². The van der Waals surface area contributed by atoms with Crippen molar-refractivity contribution in [1.82, 2.24) is 9.88 Å². The maximum absolute atomic E-state index is 12.2. The van der Waals surface area contributed by atoms with Crippen molar-refractivity contribution < 1.29 is 14.3 Å². The number of rotatable bonds is 2. The van der Waals surface area contributed by atoms with Crippen LogP contribution in [0.5, 0.6) is 0 Å². The van der Waals surface area contributed by atoms with Gasteiger partial charge in [-0.05, 0) is 55.3 Å². The molecule has 5 nitrogen and oxygen atoms in total. The lowest BCUT2D eigenvalue weighted by atomic mass is 10.0. The van der Waals surface area contributed by atoms with E-state index in [1.54, 1.807) is 4.90 Å². The first-order valence-electron chi connectivity index (χ1n) is 7.50. The number of carbonyl (C=O) groups excluding carboxylic acids is 1. The summed E-state index contributed by atoms with van der Waals surface area (Å²) >= 11 is 3.38. The van der Waals surface area contributed by atoms with E-state index in [2.05, 4.69) is 20.9 Å². The van der Waals surface area contributed by atoms with Gasteiger partial charge in [-0.15, -0.1) is 0 Å². The minimum absolute atomic E-state index is 0.219. The SMILES string of the molecule is CC(C)(C)OC(=O)N1CCOCC(Cc2cccc(Br)n2)C1. The Balaban J connectivity index is 1.99. The minimum atomic E-state index is -0.481. The number of nitrogens with zero attached hydrogens (tertiary/aromatic N) is 2.